The average molecular weight is 441 g/mol. The first-order valence-electron chi connectivity index (χ1n) is 10.8. The SMILES string of the molecule is CCN(CC)CCCN1C(=O)C(=O)/C(=C(/O)c2cccc(OC)c2)[C@H]1c1ccc(F)cc1. The van der Waals surface area contributed by atoms with Gasteiger partial charge in [0.1, 0.15) is 17.3 Å². The Labute approximate surface area is 187 Å². The van der Waals surface area contributed by atoms with Gasteiger partial charge in [0.2, 0.25) is 0 Å². The topological polar surface area (TPSA) is 70.1 Å². The fourth-order valence-electron chi connectivity index (χ4n) is 4.03. The highest BCUT2D eigenvalue weighted by molar-refractivity contribution is 6.46. The molecule has 0 spiro atoms. The van der Waals surface area contributed by atoms with E-state index in [-0.39, 0.29) is 11.3 Å². The first-order chi connectivity index (χ1) is 15.4. The Hall–Kier alpha value is -3.19. The summed E-state index contributed by atoms with van der Waals surface area (Å²) in [6.45, 7) is 7.06. The van der Waals surface area contributed by atoms with E-state index in [2.05, 4.69) is 18.7 Å². The number of ketones is 1. The van der Waals surface area contributed by atoms with Crippen molar-refractivity contribution in [3.63, 3.8) is 0 Å². The summed E-state index contributed by atoms with van der Waals surface area (Å²) in [6, 6.07) is 11.5. The van der Waals surface area contributed by atoms with E-state index in [0.29, 0.717) is 29.8 Å². The second-order valence-electron chi connectivity index (χ2n) is 7.66. The Balaban J connectivity index is 2.03. The predicted octanol–water partition coefficient (Wildman–Crippen LogP) is 3.99. The summed E-state index contributed by atoms with van der Waals surface area (Å²) < 4.78 is 18.8. The Bertz CT molecular complexity index is 999. The molecule has 6 nitrogen and oxygen atoms in total. The summed E-state index contributed by atoms with van der Waals surface area (Å²) in [5.74, 6) is -1.59. The van der Waals surface area contributed by atoms with Crippen LogP contribution in [0.5, 0.6) is 5.75 Å². The van der Waals surface area contributed by atoms with Gasteiger partial charge in [0, 0.05) is 12.1 Å². The minimum atomic E-state index is -0.793. The summed E-state index contributed by atoms with van der Waals surface area (Å²) in [7, 11) is 1.51. The molecule has 1 aliphatic heterocycles. The smallest absolute Gasteiger partial charge is 0.295 e. The van der Waals surface area contributed by atoms with Crippen LogP contribution >= 0.6 is 0 Å². The standard InChI is InChI=1S/C25H29FN2O4/c1-4-27(5-2)14-7-15-28-22(17-10-12-19(26)13-11-17)21(24(30)25(28)31)23(29)18-8-6-9-20(16-18)32-3/h6,8-13,16,22,29H,4-5,7,14-15H2,1-3H3/b23-21+/t22-/m1/s1. The minimum Gasteiger partial charge on any atom is -0.507 e. The molecule has 0 radical (unpaired) electrons. The first kappa shape index (κ1) is 23.5. The number of hydrogen-bond donors (Lipinski definition) is 1. The molecule has 2 aromatic carbocycles. The van der Waals surface area contributed by atoms with E-state index in [1.165, 1.54) is 24.1 Å². The maximum atomic E-state index is 13.6. The number of aliphatic hydroxyl groups excluding tert-OH is 1. The van der Waals surface area contributed by atoms with Crippen molar-refractivity contribution in [2.75, 3.05) is 33.3 Å². The molecule has 0 unspecified atom stereocenters. The summed E-state index contributed by atoms with van der Waals surface area (Å²) in [5, 5.41) is 11.1. The van der Waals surface area contributed by atoms with E-state index in [1.807, 2.05) is 0 Å². The summed E-state index contributed by atoms with van der Waals surface area (Å²) in [5.41, 5.74) is 0.938. The number of amides is 1. The van der Waals surface area contributed by atoms with Crippen molar-refractivity contribution in [2.24, 2.45) is 0 Å². The van der Waals surface area contributed by atoms with Crippen molar-refractivity contribution < 1.29 is 23.8 Å². The summed E-state index contributed by atoms with van der Waals surface area (Å²) >= 11 is 0. The Morgan fingerprint density at radius 1 is 1.12 bits per heavy atom. The molecule has 1 aliphatic rings. The molecule has 1 fully saturated rings. The monoisotopic (exact) mass is 440 g/mol. The molecule has 1 N–H and O–H groups in total. The third-order valence-electron chi connectivity index (χ3n) is 5.84. The number of carbonyl (C=O) groups excluding carboxylic acids is 2. The number of nitrogens with zero attached hydrogens (tertiary/aromatic N) is 2. The number of ether oxygens (including phenoxy) is 1. The molecule has 1 heterocycles. The van der Waals surface area contributed by atoms with Gasteiger partial charge in [-0.2, -0.15) is 0 Å². The van der Waals surface area contributed by atoms with Crippen LogP contribution in [0, 0.1) is 5.82 Å². The Morgan fingerprint density at radius 3 is 2.44 bits per heavy atom. The van der Waals surface area contributed by atoms with Crippen molar-refractivity contribution >= 4 is 17.4 Å². The van der Waals surface area contributed by atoms with Gasteiger partial charge in [-0.05, 0) is 55.9 Å². The van der Waals surface area contributed by atoms with Crippen molar-refractivity contribution in [3.8, 4) is 5.75 Å². The van der Waals surface area contributed by atoms with Crippen LogP contribution in [-0.2, 0) is 9.59 Å². The maximum Gasteiger partial charge on any atom is 0.295 e. The van der Waals surface area contributed by atoms with Gasteiger partial charge in [0.15, 0.2) is 0 Å². The molecule has 2 aromatic rings. The molecule has 170 valence electrons. The van der Waals surface area contributed by atoms with Gasteiger partial charge in [-0.25, -0.2) is 4.39 Å². The third kappa shape index (κ3) is 4.83. The van der Waals surface area contributed by atoms with E-state index < -0.39 is 23.5 Å². The lowest BCUT2D eigenvalue weighted by Crippen LogP contribution is -2.33. The lowest BCUT2D eigenvalue weighted by Gasteiger charge is -2.26. The normalized spacial score (nSPS) is 17.9. The number of halogens is 1. The Morgan fingerprint density at radius 2 is 1.81 bits per heavy atom. The highest BCUT2D eigenvalue weighted by atomic mass is 19.1. The van der Waals surface area contributed by atoms with Gasteiger partial charge in [0.25, 0.3) is 11.7 Å². The number of Topliss-reactive ketones (excluding diaryl/α,β-unsaturated/α-hetero) is 1. The Kier molecular flexibility index (Phi) is 7.64. The molecule has 0 saturated carbocycles. The average Bonchev–Trinajstić information content (AvgIpc) is 3.07. The number of methoxy groups -OCH3 is 1. The van der Waals surface area contributed by atoms with Crippen molar-refractivity contribution in [1.82, 2.24) is 9.80 Å². The van der Waals surface area contributed by atoms with Crippen molar-refractivity contribution in [3.05, 3.63) is 71.0 Å². The summed E-state index contributed by atoms with van der Waals surface area (Å²) in [4.78, 5) is 29.7. The zero-order chi connectivity index (χ0) is 23.3. The van der Waals surface area contributed by atoms with E-state index in [9.17, 15) is 19.1 Å². The van der Waals surface area contributed by atoms with Crippen LogP contribution in [0.1, 0.15) is 37.4 Å². The first-order valence-corrected chi connectivity index (χ1v) is 10.8. The molecule has 32 heavy (non-hydrogen) atoms. The lowest BCUT2D eigenvalue weighted by molar-refractivity contribution is -0.140. The number of benzene rings is 2. The van der Waals surface area contributed by atoms with Gasteiger partial charge < -0.3 is 19.6 Å². The van der Waals surface area contributed by atoms with Crippen LogP contribution in [0.15, 0.2) is 54.1 Å². The summed E-state index contributed by atoms with van der Waals surface area (Å²) in [6.07, 6.45) is 0.672. The molecule has 3 rings (SSSR count). The zero-order valence-electron chi connectivity index (χ0n) is 18.7. The molecule has 0 aromatic heterocycles. The second kappa shape index (κ2) is 10.4. The molecule has 1 saturated heterocycles. The van der Waals surface area contributed by atoms with Crippen molar-refractivity contribution in [2.45, 2.75) is 26.3 Å². The minimum absolute atomic E-state index is 0.00213. The van der Waals surface area contributed by atoms with Crippen LogP contribution in [0.4, 0.5) is 4.39 Å². The lowest BCUT2D eigenvalue weighted by atomic mass is 9.95. The number of aliphatic hydroxyl groups is 1. The van der Waals surface area contributed by atoms with E-state index >= 15 is 0 Å². The van der Waals surface area contributed by atoms with Gasteiger partial charge in [-0.1, -0.05) is 38.1 Å². The van der Waals surface area contributed by atoms with E-state index in [4.69, 9.17) is 4.74 Å². The van der Waals surface area contributed by atoms with Crippen LogP contribution < -0.4 is 4.74 Å². The molecule has 7 heteroatoms. The predicted molar refractivity (Wildman–Crippen MR) is 121 cm³/mol. The molecular weight excluding hydrogens is 411 g/mol. The van der Waals surface area contributed by atoms with Crippen LogP contribution in [0.25, 0.3) is 5.76 Å². The third-order valence-corrected chi connectivity index (χ3v) is 5.84. The number of hydrogen-bond acceptors (Lipinski definition) is 5. The molecule has 1 amide bonds. The van der Waals surface area contributed by atoms with E-state index in [0.717, 1.165) is 19.6 Å². The van der Waals surface area contributed by atoms with Gasteiger partial charge in [-0.3, -0.25) is 9.59 Å². The van der Waals surface area contributed by atoms with Gasteiger partial charge in [0.05, 0.1) is 18.7 Å². The molecule has 0 aliphatic carbocycles. The quantitative estimate of drug-likeness (QED) is 0.363. The number of carbonyl (C=O) groups is 2. The molecule has 0 bridgehead atoms. The largest absolute Gasteiger partial charge is 0.507 e. The zero-order valence-corrected chi connectivity index (χ0v) is 18.7. The highest BCUT2D eigenvalue weighted by Crippen LogP contribution is 2.39. The molecule has 1 atom stereocenters. The second-order valence-corrected chi connectivity index (χ2v) is 7.66. The van der Waals surface area contributed by atoms with Crippen LogP contribution in [-0.4, -0.2) is 59.9 Å². The van der Waals surface area contributed by atoms with E-state index in [1.54, 1.807) is 36.4 Å². The van der Waals surface area contributed by atoms with Gasteiger partial charge in [-0.15, -0.1) is 0 Å². The van der Waals surface area contributed by atoms with Crippen molar-refractivity contribution in [1.29, 1.82) is 0 Å². The van der Waals surface area contributed by atoms with Gasteiger partial charge >= 0.3 is 0 Å². The fraction of sp³-hybridized carbons (Fsp3) is 0.360. The van der Waals surface area contributed by atoms with Crippen LogP contribution in [0.2, 0.25) is 0 Å². The number of likely N-dealkylation sites (tertiary alicyclic amines) is 1. The highest BCUT2D eigenvalue weighted by Gasteiger charge is 2.45. The maximum absolute atomic E-state index is 13.6. The van der Waals surface area contributed by atoms with Crippen LogP contribution in [0.3, 0.4) is 0 Å². The molecular formula is C25H29FN2O4. The fourth-order valence-corrected chi connectivity index (χ4v) is 4.03. The number of rotatable bonds is 9.